The second-order valence-electron chi connectivity index (χ2n) is 9.76. The molecule has 0 saturated carbocycles. The second-order valence-corrected chi connectivity index (χ2v) is 9.76. The van der Waals surface area contributed by atoms with E-state index in [1.807, 2.05) is 59.7 Å². The first-order chi connectivity index (χ1) is 15.6. The van der Waals surface area contributed by atoms with Gasteiger partial charge in [-0.3, -0.25) is 14.5 Å². The number of amides is 4. The van der Waals surface area contributed by atoms with Crippen LogP contribution in [-0.2, 0) is 9.59 Å². The van der Waals surface area contributed by atoms with Crippen LogP contribution in [0.5, 0.6) is 0 Å². The summed E-state index contributed by atoms with van der Waals surface area (Å²) in [5.74, 6) is -0.147. The van der Waals surface area contributed by atoms with Gasteiger partial charge in [-0.2, -0.15) is 0 Å². The number of carbonyl (C=O) groups excluding carboxylic acids is 3. The van der Waals surface area contributed by atoms with E-state index >= 15 is 0 Å². The van der Waals surface area contributed by atoms with Crippen LogP contribution in [0.1, 0.15) is 50.4 Å². The first-order valence-corrected chi connectivity index (χ1v) is 11.6. The maximum absolute atomic E-state index is 13.8. The first kappa shape index (κ1) is 24.6. The second kappa shape index (κ2) is 9.81. The summed E-state index contributed by atoms with van der Waals surface area (Å²) in [4.78, 5) is 43.2. The van der Waals surface area contributed by atoms with Crippen LogP contribution in [0.4, 0.5) is 4.79 Å². The van der Waals surface area contributed by atoms with E-state index in [-0.39, 0.29) is 36.9 Å². The lowest BCUT2D eigenvalue weighted by molar-refractivity contribution is -0.138. The largest absolute Gasteiger partial charge is 0.354 e. The fraction of sp³-hybridized carbons (Fsp3) is 0.500. The first-order valence-electron chi connectivity index (χ1n) is 11.6. The number of hydrogen-bond acceptors (Lipinski definition) is 3. The van der Waals surface area contributed by atoms with Crippen molar-refractivity contribution in [1.29, 1.82) is 0 Å². The van der Waals surface area contributed by atoms with Crippen LogP contribution in [0.15, 0.2) is 42.1 Å². The molecule has 2 unspecified atom stereocenters. The fourth-order valence-electron chi connectivity index (χ4n) is 4.66. The normalized spacial score (nSPS) is 19.2. The molecule has 2 aliphatic rings. The van der Waals surface area contributed by atoms with Crippen LogP contribution in [0.2, 0.25) is 0 Å². The van der Waals surface area contributed by atoms with Crippen LogP contribution in [0.3, 0.4) is 0 Å². The van der Waals surface area contributed by atoms with Gasteiger partial charge in [-0.25, -0.2) is 4.79 Å². The lowest BCUT2D eigenvalue weighted by Crippen LogP contribution is -2.52. The Hall–Kier alpha value is -3.09. The molecule has 0 aliphatic carbocycles. The van der Waals surface area contributed by atoms with Crippen molar-refractivity contribution in [2.24, 2.45) is 11.8 Å². The predicted octanol–water partition coefficient (Wildman–Crippen LogP) is 3.45. The van der Waals surface area contributed by atoms with E-state index < -0.39 is 12.1 Å². The lowest BCUT2D eigenvalue weighted by atomic mass is 9.91. The minimum atomic E-state index is -0.623. The number of aryl methyl sites for hydroxylation is 2. The van der Waals surface area contributed by atoms with Crippen molar-refractivity contribution >= 4 is 17.8 Å². The number of benzene rings is 1. The van der Waals surface area contributed by atoms with Crippen molar-refractivity contribution in [3.05, 3.63) is 58.8 Å². The zero-order valence-electron chi connectivity index (χ0n) is 20.6. The molecule has 2 N–H and O–H groups in total. The Balaban J connectivity index is 2.03. The van der Waals surface area contributed by atoms with Gasteiger partial charge in [0.15, 0.2) is 0 Å². The van der Waals surface area contributed by atoms with Crippen molar-refractivity contribution in [1.82, 2.24) is 20.4 Å². The van der Waals surface area contributed by atoms with Crippen LogP contribution in [0.25, 0.3) is 0 Å². The van der Waals surface area contributed by atoms with E-state index in [0.717, 1.165) is 16.7 Å². The third-order valence-electron chi connectivity index (χ3n) is 6.22. The highest BCUT2D eigenvalue weighted by atomic mass is 16.2. The Kier molecular flexibility index (Phi) is 7.30. The van der Waals surface area contributed by atoms with Gasteiger partial charge in [0.05, 0.1) is 23.9 Å². The Morgan fingerprint density at radius 3 is 2.52 bits per heavy atom. The molecular formula is C26H36N4O3. The number of rotatable bonds is 8. The van der Waals surface area contributed by atoms with Crippen molar-refractivity contribution in [3.8, 4) is 0 Å². The van der Waals surface area contributed by atoms with Crippen LogP contribution >= 0.6 is 0 Å². The van der Waals surface area contributed by atoms with Gasteiger partial charge in [0.1, 0.15) is 6.04 Å². The fourth-order valence-corrected chi connectivity index (χ4v) is 4.66. The highest BCUT2D eigenvalue weighted by Gasteiger charge is 2.47. The molecule has 3 rings (SSSR count). The van der Waals surface area contributed by atoms with Gasteiger partial charge in [-0.15, -0.1) is 6.58 Å². The molecule has 2 heterocycles. The molecule has 0 aromatic heterocycles. The van der Waals surface area contributed by atoms with E-state index in [9.17, 15) is 14.4 Å². The van der Waals surface area contributed by atoms with Crippen LogP contribution < -0.4 is 10.6 Å². The molecule has 0 radical (unpaired) electrons. The Labute approximate surface area is 196 Å². The summed E-state index contributed by atoms with van der Waals surface area (Å²) in [5, 5.41) is 6.00. The van der Waals surface area contributed by atoms with Crippen molar-refractivity contribution in [3.63, 3.8) is 0 Å². The van der Waals surface area contributed by atoms with Gasteiger partial charge >= 0.3 is 6.03 Å². The van der Waals surface area contributed by atoms with E-state index in [1.165, 1.54) is 0 Å². The molecular weight excluding hydrogens is 416 g/mol. The summed E-state index contributed by atoms with van der Waals surface area (Å²) in [6.07, 6.45) is 1.64. The summed E-state index contributed by atoms with van der Waals surface area (Å²) < 4.78 is 0. The molecule has 178 valence electrons. The third kappa shape index (κ3) is 4.82. The lowest BCUT2D eigenvalue weighted by Gasteiger charge is -2.33. The van der Waals surface area contributed by atoms with Gasteiger partial charge < -0.3 is 15.5 Å². The topological polar surface area (TPSA) is 81.8 Å². The molecule has 0 spiro atoms. The monoisotopic (exact) mass is 452 g/mol. The van der Waals surface area contributed by atoms with Crippen molar-refractivity contribution < 1.29 is 14.4 Å². The molecule has 2 aliphatic heterocycles. The number of nitrogens with zero attached hydrogens (tertiary/aromatic N) is 2. The molecule has 7 heteroatoms. The smallest absolute Gasteiger partial charge is 0.322 e. The minimum absolute atomic E-state index is 0.0847. The zero-order chi connectivity index (χ0) is 24.4. The molecule has 7 nitrogen and oxygen atoms in total. The molecule has 0 fully saturated rings. The quantitative estimate of drug-likeness (QED) is 0.593. The van der Waals surface area contributed by atoms with E-state index in [2.05, 4.69) is 17.2 Å². The summed E-state index contributed by atoms with van der Waals surface area (Å²) in [5.41, 5.74) is 4.19. The minimum Gasteiger partial charge on any atom is -0.354 e. The average molecular weight is 453 g/mol. The molecule has 33 heavy (non-hydrogen) atoms. The standard InChI is InChI=1S/C26H36N4O3/c1-8-11-29-20-14-30(23(16(4)5)24(31)27-13-15(2)3)25(32)21(20)22(28-26(29)33)19-10-9-17(6)12-18(19)7/h8-10,12,15-16,22-23H,1,11,13-14H2,2-7H3,(H,27,31)(H,28,33). The highest BCUT2D eigenvalue weighted by molar-refractivity contribution is 6.03. The summed E-state index contributed by atoms with van der Waals surface area (Å²) >= 11 is 0. The number of carbonyl (C=O) groups is 3. The average Bonchev–Trinajstić information content (AvgIpc) is 3.05. The maximum atomic E-state index is 13.8. The summed E-state index contributed by atoms with van der Waals surface area (Å²) in [7, 11) is 0. The highest BCUT2D eigenvalue weighted by Crippen LogP contribution is 2.38. The maximum Gasteiger partial charge on any atom is 0.322 e. The van der Waals surface area contributed by atoms with E-state index in [4.69, 9.17) is 0 Å². The third-order valence-corrected chi connectivity index (χ3v) is 6.22. The number of hydrogen-bond donors (Lipinski definition) is 2. The SMILES string of the molecule is C=CCN1C(=O)NC(c2ccc(C)cc2C)C2=C1CN(C(C(=O)NCC(C)C)C(C)C)C2=O. The molecule has 0 bridgehead atoms. The predicted molar refractivity (Wildman–Crippen MR) is 129 cm³/mol. The molecule has 0 saturated heterocycles. The summed E-state index contributed by atoms with van der Waals surface area (Å²) in [6, 6.07) is 4.55. The van der Waals surface area contributed by atoms with Gasteiger partial charge in [0.2, 0.25) is 5.91 Å². The number of nitrogens with one attached hydrogen (secondary N) is 2. The molecule has 2 atom stereocenters. The Morgan fingerprint density at radius 2 is 1.94 bits per heavy atom. The van der Waals surface area contributed by atoms with E-state index in [0.29, 0.717) is 23.7 Å². The Morgan fingerprint density at radius 1 is 1.24 bits per heavy atom. The van der Waals surface area contributed by atoms with Crippen molar-refractivity contribution in [2.75, 3.05) is 19.6 Å². The van der Waals surface area contributed by atoms with Gasteiger partial charge in [-0.1, -0.05) is 57.5 Å². The van der Waals surface area contributed by atoms with Gasteiger partial charge in [0.25, 0.3) is 5.91 Å². The Bertz CT molecular complexity index is 995. The van der Waals surface area contributed by atoms with Crippen LogP contribution in [-0.4, -0.2) is 53.3 Å². The van der Waals surface area contributed by atoms with Gasteiger partial charge in [-0.05, 0) is 36.8 Å². The van der Waals surface area contributed by atoms with Crippen molar-refractivity contribution in [2.45, 2.75) is 53.6 Å². The molecule has 1 aromatic carbocycles. The summed E-state index contributed by atoms with van der Waals surface area (Å²) in [6.45, 7) is 16.8. The van der Waals surface area contributed by atoms with Crippen LogP contribution in [0, 0.1) is 25.7 Å². The van der Waals surface area contributed by atoms with E-state index in [1.54, 1.807) is 15.9 Å². The molecule has 1 aromatic rings. The van der Waals surface area contributed by atoms with Gasteiger partial charge in [0, 0.05) is 13.1 Å². The number of urea groups is 1. The zero-order valence-corrected chi connectivity index (χ0v) is 20.6. The molecule has 4 amide bonds.